The van der Waals surface area contributed by atoms with E-state index in [0.29, 0.717) is 24.8 Å². The minimum atomic E-state index is -4.97. The Morgan fingerprint density at radius 3 is 2.11 bits per heavy atom. The number of hydrogen-bond acceptors (Lipinski definition) is 10. The van der Waals surface area contributed by atoms with Gasteiger partial charge in [0.05, 0.1) is 24.0 Å². The molecule has 8 rings (SSSR count). The minimum Gasteiger partial charge on any atom is -0.462 e. The molecular formula is C56H75F3N4O9. The number of ketones is 1. The van der Waals surface area contributed by atoms with Crippen molar-refractivity contribution in [1.82, 2.24) is 20.4 Å². The van der Waals surface area contributed by atoms with Crippen molar-refractivity contribution in [3.8, 4) is 0 Å². The second kappa shape index (κ2) is 18.1. The van der Waals surface area contributed by atoms with Crippen molar-refractivity contribution in [2.24, 2.45) is 62.6 Å². The molecule has 0 bridgehead atoms. The number of allylic oxidation sites excluding steroid dienone is 1. The number of ether oxygens (including phenoxy) is 3. The number of aromatic nitrogens is 2. The Balaban J connectivity index is 0.985. The zero-order valence-corrected chi connectivity index (χ0v) is 44.2. The Morgan fingerprint density at radius 1 is 0.819 bits per heavy atom. The fraction of sp³-hybridized carbons (Fsp3) is 0.696. The molecule has 6 aliphatic rings. The summed E-state index contributed by atoms with van der Waals surface area (Å²) < 4.78 is 58.6. The molecule has 2 amide bonds. The number of nitrogens with one attached hydrogen (secondary N) is 2. The molecule has 2 N–H and O–H groups in total. The van der Waals surface area contributed by atoms with Crippen LogP contribution in [0.1, 0.15) is 169 Å². The van der Waals surface area contributed by atoms with Crippen LogP contribution in [0.5, 0.6) is 0 Å². The molecule has 0 saturated heterocycles. The van der Waals surface area contributed by atoms with Gasteiger partial charge in [-0.05, 0) is 141 Å². The molecule has 5 saturated carbocycles. The molecule has 16 heteroatoms. The third kappa shape index (κ3) is 8.49. The van der Waals surface area contributed by atoms with E-state index in [1.165, 1.54) is 20.8 Å². The van der Waals surface area contributed by atoms with Gasteiger partial charge in [-0.2, -0.15) is 23.0 Å². The van der Waals surface area contributed by atoms with Gasteiger partial charge in [0, 0.05) is 17.9 Å². The first-order chi connectivity index (χ1) is 33.4. The van der Waals surface area contributed by atoms with Gasteiger partial charge in [-0.25, -0.2) is 4.79 Å². The molecule has 0 spiro atoms. The summed E-state index contributed by atoms with van der Waals surface area (Å²) in [5, 5.41) is 9.11. The first-order valence-electron chi connectivity index (χ1n) is 26.1. The van der Waals surface area contributed by atoms with Crippen LogP contribution in [-0.4, -0.2) is 69.2 Å². The number of carbonyl (C=O) groups is 6. The summed E-state index contributed by atoms with van der Waals surface area (Å²) in [4.78, 5) is 82.5. The number of benzene rings is 1. The monoisotopic (exact) mass is 1000 g/mol. The molecule has 1 aromatic carbocycles. The molecule has 1 aromatic heterocycles. The molecule has 0 aliphatic heterocycles. The van der Waals surface area contributed by atoms with E-state index in [1.807, 2.05) is 58.0 Å². The lowest BCUT2D eigenvalue weighted by molar-refractivity contribution is -0.235. The average molecular weight is 1010 g/mol. The molecule has 1 heterocycles. The highest BCUT2D eigenvalue weighted by atomic mass is 19.4. The molecule has 2 aromatic rings. The van der Waals surface area contributed by atoms with E-state index in [9.17, 15) is 41.9 Å². The number of fused-ring (bicyclic) bond motifs is 7. The first-order valence-corrected chi connectivity index (χ1v) is 26.1. The second-order valence-corrected chi connectivity index (χ2v) is 24.9. The lowest BCUT2D eigenvalue weighted by Crippen LogP contribution is -2.68. The maximum absolute atomic E-state index is 14.6. The second-order valence-electron chi connectivity index (χ2n) is 24.9. The number of Topliss-reactive ketones (excluding diaryl/α,β-unsaturated/α-hetero) is 1. The van der Waals surface area contributed by atoms with Crippen LogP contribution in [0.2, 0.25) is 0 Å². The SMILES string of the molecule is CCOC(=O)n1nc(C(F)(F)F)cc1C(=O)NC(C)(C)C(=O)NC12CC[C@]3(C)C(CC[C@@H]4[C@@]5(C)CC[C@H](OC(=O)[C@H]6C[C@@H](C(=O)OCc7ccccc7)C6(C)C)C(C)(C)[C@@H]5CC[C@]43C)C1=C(C(C)C)C(=O)C2. The Morgan fingerprint density at radius 2 is 1.49 bits per heavy atom. The van der Waals surface area contributed by atoms with Gasteiger partial charge in [0.25, 0.3) is 5.91 Å². The minimum absolute atomic E-state index is 0.0224. The lowest BCUT2D eigenvalue weighted by Gasteiger charge is -2.72. The van der Waals surface area contributed by atoms with Crippen LogP contribution in [0.3, 0.4) is 0 Å². The van der Waals surface area contributed by atoms with Gasteiger partial charge in [0.15, 0.2) is 11.5 Å². The smallest absolute Gasteiger partial charge is 0.435 e. The summed E-state index contributed by atoms with van der Waals surface area (Å²) in [6.07, 6.45) is 0.323. The number of halogens is 3. The van der Waals surface area contributed by atoms with Crippen LogP contribution < -0.4 is 10.6 Å². The number of carbonyl (C=O) groups excluding carboxylic acids is 6. The number of alkyl halides is 3. The van der Waals surface area contributed by atoms with Crippen molar-refractivity contribution in [3.05, 3.63) is 64.5 Å². The van der Waals surface area contributed by atoms with Gasteiger partial charge in [-0.1, -0.05) is 92.6 Å². The van der Waals surface area contributed by atoms with Gasteiger partial charge >= 0.3 is 24.2 Å². The van der Waals surface area contributed by atoms with Crippen LogP contribution in [0.15, 0.2) is 47.5 Å². The summed E-state index contributed by atoms with van der Waals surface area (Å²) in [6.45, 7) is 24.1. The maximum Gasteiger partial charge on any atom is 0.435 e. The van der Waals surface area contributed by atoms with Crippen LogP contribution in [0, 0.1) is 62.6 Å². The van der Waals surface area contributed by atoms with Crippen LogP contribution in [0.4, 0.5) is 18.0 Å². The summed E-state index contributed by atoms with van der Waals surface area (Å²) in [6, 6.07) is 10.00. The van der Waals surface area contributed by atoms with E-state index >= 15 is 0 Å². The van der Waals surface area contributed by atoms with Crippen molar-refractivity contribution in [3.63, 3.8) is 0 Å². The van der Waals surface area contributed by atoms with Gasteiger partial charge in [-0.15, -0.1) is 0 Å². The van der Waals surface area contributed by atoms with Crippen molar-refractivity contribution >= 4 is 35.6 Å². The molecule has 10 atom stereocenters. The van der Waals surface area contributed by atoms with Crippen LogP contribution in [0.25, 0.3) is 0 Å². The molecule has 5 fully saturated rings. The number of amides is 2. The van der Waals surface area contributed by atoms with Crippen molar-refractivity contribution < 1.29 is 56.1 Å². The van der Waals surface area contributed by atoms with Gasteiger partial charge < -0.3 is 24.8 Å². The van der Waals surface area contributed by atoms with E-state index in [2.05, 4.69) is 50.4 Å². The predicted octanol–water partition coefficient (Wildman–Crippen LogP) is 10.6. The Kier molecular flexibility index (Phi) is 13.4. The molecule has 13 nitrogen and oxygen atoms in total. The molecule has 2 unspecified atom stereocenters. The number of hydrogen-bond donors (Lipinski definition) is 2. The fourth-order valence-electron chi connectivity index (χ4n) is 15.5. The predicted molar refractivity (Wildman–Crippen MR) is 261 cm³/mol. The largest absolute Gasteiger partial charge is 0.462 e. The fourth-order valence-corrected chi connectivity index (χ4v) is 15.5. The van der Waals surface area contributed by atoms with E-state index < -0.39 is 63.8 Å². The highest BCUT2D eigenvalue weighted by Crippen LogP contribution is 2.76. The van der Waals surface area contributed by atoms with Crippen molar-refractivity contribution in [2.75, 3.05) is 6.61 Å². The summed E-state index contributed by atoms with van der Waals surface area (Å²) in [5.74, 6) is -2.70. The van der Waals surface area contributed by atoms with Crippen molar-refractivity contribution in [2.45, 2.75) is 177 Å². The van der Waals surface area contributed by atoms with E-state index in [1.54, 1.807) is 0 Å². The van der Waals surface area contributed by atoms with Gasteiger partial charge in [0.2, 0.25) is 5.91 Å². The van der Waals surface area contributed by atoms with Crippen molar-refractivity contribution in [1.29, 1.82) is 0 Å². The lowest BCUT2D eigenvalue weighted by atomic mass is 9.33. The zero-order valence-electron chi connectivity index (χ0n) is 44.2. The summed E-state index contributed by atoms with van der Waals surface area (Å²) >= 11 is 0. The first kappa shape index (κ1) is 53.3. The van der Waals surface area contributed by atoms with Crippen LogP contribution >= 0.6 is 0 Å². The Labute approximate surface area is 421 Å². The summed E-state index contributed by atoms with van der Waals surface area (Å²) in [7, 11) is 0. The highest BCUT2D eigenvalue weighted by molar-refractivity contribution is 6.04. The van der Waals surface area contributed by atoms with E-state index in [4.69, 9.17) is 14.2 Å². The topological polar surface area (TPSA) is 172 Å². The normalized spacial score (nSPS) is 33.6. The number of rotatable bonds is 11. The maximum atomic E-state index is 14.6. The standard InChI is InChI=1S/C56H75F3N4O9/c1-13-70-48(69)63-36(28-40(62-63)56(57,58)59)44(65)60-51(8,9)47(68)61-55-26-25-53(11)33(43(55)42(31(2)3)37(64)29-55)19-20-39-52(10)23-22-41(50(6,7)38(52)21-24-54(39,53)12)72-46(67)35-27-34(49(35,4)5)45(66)71-30-32-17-15-14-16-18-32/h14-18,28,31,33-35,38-39,41H,13,19-27,29-30H2,1-12H3,(H,60,65)(H,61,68)/t33?,34-,35+,38-,39+,41-,52-,53+,54+,55?/m0/s1. The molecule has 0 radical (unpaired) electrons. The van der Waals surface area contributed by atoms with E-state index in [-0.39, 0.29) is 87.6 Å². The molecular weight excluding hydrogens is 930 g/mol. The van der Waals surface area contributed by atoms with Gasteiger partial charge in [-0.3, -0.25) is 24.0 Å². The van der Waals surface area contributed by atoms with Crippen LogP contribution in [-0.2, 0) is 46.2 Å². The quantitative estimate of drug-likeness (QED) is 0.163. The third-order valence-corrected chi connectivity index (χ3v) is 19.7. The molecule has 394 valence electrons. The molecule has 72 heavy (non-hydrogen) atoms. The molecule has 6 aliphatic carbocycles. The summed E-state index contributed by atoms with van der Waals surface area (Å²) in [5.41, 5.74) is -3.78. The number of nitrogens with zero attached hydrogens (tertiary/aromatic N) is 2. The Hall–Kier alpha value is -5.02. The van der Waals surface area contributed by atoms with Gasteiger partial charge in [0.1, 0.15) is 23.9 Å². The Bertz CT molecular complexity index is 2570. The zero-order chi connectivity index (χ0) is 52.9. The highest BCUT2D eigenvalue weighted by Gasteiger charge is 2.71. The average Bonchev–Trinajstić information content (AvgIpc) is 3.87. The third-order valence-electron chi connectivity index (χ3n) is 19.7. The van der Waals surface area contributed by atoms with E-state index in [0.717, 1.165) is 61.7 Å². The number of esters is 2.